The summed E-state index contributed by atoms with van der Waals surface area (Å²) in [6.45, 7) is 0.591. The van der Waals surface area contributed by atoms with E-state index in [1.165, 1.54) is 82.3 Å². The number of nitrogens with zero attached hydrogens (tertiary/aromatic N) is 2. The van der Waals surface area contributed by atoms with Crippen LogP contribution in [0.5, 0.6) is 5.75 Å². The molecule has 11 rings (SSSR count). The highest BCUT2D eigenvalue weighted by atomic mass is 16.5. The molecule has 0 aliphatic carbocycles. The Morgan fingerprint density at radius 2 is 0.940 bits per heavy atom. The molecule has 8 aromatic carbocycles. The van der Waals surface area contributed by atoms with Crippen LogP contribution in [0.2, 0.25) is 0 Å². The summed E-state index contributed by atoms with van der Waals surface area (Å²) in [6.07, 6.45) is 0. The topological polar surface area (TPSA) is 19.1 Å². The van der Waals surface area contributed by atoms with Crippen LogP contribution in [-0.2, 0) is 6.61 Å². The SMILES string of the molecule is c1ccc2c(c1)COc1cccc(-n3c4ccccc4c4cc(-c5ccc6c(c5)c5ccccc5n6-c5cccc6ccccc56)ccc43)c1-2. The van der Waals surface area contributed by atoms with E-state index in [0.717, 1.165) is 17.0 Å². The summed E-state index contributed by atoms with van der Waals surface area (Å²) in [7, 11) is 0. The molecule has 2 aromatic heterocycles. The minimum absolute atomic E-state index is 0.591. The summed E-state index contributed by atoms with van der Waals surface area (Å²) in [5, 5.41) is 7.47. The average Bonchev–Trinajstić information content (AvgIpc) is 3.69. The number of hydrogen-bond donors (Lipinski definition) is 0. The molecule has 1 aliphatic rings. The largest absolute Gasteiger partial charge is 0.488 e. The second-order valence-electron chi connectivity index (χ2n) is 13.3. The molecule has 234 valence electrons. The summed E-state index contributed by atoms with van der Waals surface area (Å²) >= 11 is 0. The van der Waals surface area contributed by atoms with Crippen molar-refractivity contribution in [3.05, 3.63) is 175 Å². The number of ether oxygens (including phenoxy) is 1. The van der Waals surface area contributed by atoms with Crippen LogP contribution in [0, 0.1) is 0 Å². The quantitative estimate of drug-likeness (QED) is 0.188. The zero-order valence-corrected chi connectivity index (χ0v) is 27.2. The minimum Gasteiger partial charge on any atom is -0.488 e. The van der Waals surface area contributed by atoms with E-state index in [4.69, 9.17) is 4.74 Å². The van der Waals surface area contributed by atoms with Gasteiger partial charge in [0.15, 0.2) is 0 Å². The molecule has 3 heteroatoms. The van der Waals surface area contributed by atoms with Gasteiger partial charge >= 0.3 is 0 Å². The van der Waals surface area contributed by atoms with Gasteiger partial charge in [-0.2, -0.15) is 0 Å². The zero-order chi connectivity index (χ0) is 32.8. The maximum absolute atomic E-state index is 6.29. The maximum atomic E-state index is 6.29. The van der Waals surface area contributed by atoms with Gasteiger partial charge < -0.3 is 13.9 Å². The smallest absolute Gasteiger partial charge is 0.129 e. The highest BCUT2D eigenvalue weighted by Gasteiger charge is 2.23. The van der Waals surface area contributed by atoms with E-state index < -0.39 is 0 Å². The molecule has 0 saturated carbocycles. The number of aromatic nitrogens is 2. The Labute approximate surface area is 288 Å². The first kappa shape index (κ1) is 27.4. The van der Waals surface area contributed by atoms with Gasteiger partial charge in [0.25, 0.3) is 0 Å². The molecule has 1 aliphatic heterocycles. The Morgan fingerprint density at radius 3 is 1.68 bits per heavy atom. The summed E-state index contributed by atoms with van der Waals surface area (Å²) in [5.41, 5.74) is 13.1. The summed E-state index contributed by atoms with van der Waals surface area (Å²) in [5.74, 6) is 0.930. The highest BCUT2D eigenvalue weighted by molar-refractivity contribution is 6.13. The molecular formula is C47H30N2O. The van der Waals surface area contributed by atoms with Crippen LogP contribution in [-0.4, -0.2) is 9.13 Å². The average molecular weight is 639 g/mol. The van der Waals surface area contributed by atoms with Crippen LogP contribution >= 0.6 is 0 Å². The fraction of sp³-hybridized carbons (Fsp3) is 0.0213. The third-order valence-electron chi connectivity index (χ3n) is 10.6. The first-order valence-corrected chi connectivity index (χ1v) is 17.2. The Kier molecular flexibility index (Phi) is 5.73. The molecule has 10 aromatic rings. The van der Waals surface area contributed by atoms with Gasteiger partial charge in [-0.15, -0.1) is 0 Å². The fourth-order valence-electron chi connectivity index (χ4n) is 8.37. The minimum atomic E-state index is 0.591. The normalized spacial score (nSPS) is 12.5. The molecule has 0 atom stereocenters. The zero-order valence-electron chi connectivity index (χ0n) is 27.2. The molecule has 0 N–H and O–H groups in total. The van der Waals surface area contributed by atoms with Crippen molar-refractivity contribution in [2.75, 3.05) is 0 Å². The number of benzene rings is 8. The van der Waals surface area contributed by atoms with Crippen LogP contribution in [0.3, 0.4) is 0 Å². The van der Waals surface area contributed by atoms with E-state index in [-0.39, 0.29) is 0 Å². The summed E-state index contributed by atoms with van der Waals surface area (Å²) in [6, 6.07) is 61.7. The van der Waals surface area contributed by atoms with Gasteiger partial charge in [-0.05, 0) is 82.2 Å². The van der Waals surface area contributed by atoms with E-state index in [1.54, 1.807) is 0 Å². The summed E-state index contributed by atoms with van der Waals surface area (Å²) in [4.78, 5) is 0. The van der Waals surface area contributed by atoms with Crippen LogP contribution in [0.25, 0.3) is 88.0 Å². The van der Waals surface area contributed by atoms with Crippen molar-refractivity contribution in [1.29, 1.82) is 0 Å². The Balaban J connectivity index is 1.12. The Morgan fingerprint density at radius 1 is 0.400 bits per heavy atom. The van der Waals surface area contributed by atoms with E-state index in [2.05, 4.69) is 179 Å². The molecule has 3 heterocycles. The molecule has 0 spiro atoms. The third kappa shape index (κ3) is 3.86. The fourth-order valence-corrected chi connectivity index (χ4v) is 8.37. The number of rotatable bonds is 3. The number of fused-ring (bicyclic) bond motifs is 10. The maximum Gasteiger partial charge on any atom is 0.129 e. The molecular weight excluding hydrogens is 609 g/mol. The van der Waals surface area contributed by atoms with Gasteiger partial charge in [0.1, 0.15) is 12.4 Å². The molecule has 0 bridgehead atoms. The predicted molar refractivity (Wildman–Crippen MR) is 208 cm³/mol. The van der Waals surface area contributed by atoms with Crippen molar-refractivity contribution in [3.63, 3.8) is 0 Å². The first-order valence-electron chi connectivity index (χ1n) is 17.2. The molecule has 3 nitrogen and oxygen atoms in total. The third-order valence-corrected chi connectivity index (χ3v) is 10.6. The van der Waals surface area contributed by atoms with Gasteiger partial charge in [0.05, 0.1) is 33.4 Å². The van der Waals surface area contributed by atoms with Crippen LogP contribution in [0.1, 0.15) is 5.56 Å². The lowest BCUT2D eigenvalue weighted by molar-refractivity contribution is 0.302. The van der Waals surface area contributed by atoms with Crippen LogP contribution in [0.4, 0.5) is 0 Å². The Bertz CT molecular complexity index is 2990. The van der Waals surface area contributed by atoms with E-state index >= 15 is 0 Å². The van der Waals surface area contributed by atoms with Gasteiger partial charge in [0.2, 0.25) is 0 Å². The van der Waals surface area contributed by atoms with Crippen molar-refractivity contribution in [3.8, 4) is 39.4 Å². The van der Waals surface area contributed by atoms with Crippen molar-refractivity contribution in [1.82, 2.24) is 9.13 Å². The van der Waals surface area contributed by atoms with Crippen molar-refractivity contribution in [2.45, 2.75) is 6.61 Å². The molecule has 0 radical (unpaired) electrons. The molecule has 0 unspecified atom stereocenters. The molecule has 0 fully saturated rings. The van der Waals surface area contributed by atoms with Crippen molar-refractivity contribution in [2.24, 2.45) is 0 Å². The van der Waals surface area contributed by atoms with E-state index in [0.29, 0.717) is 6.61 Å². The van der Waals surface area contributed by atoms with Crippen LogP contribution < -0.4 is 4.74 Å². The lowest BCUT2D eigenvalue weighted by Crippen LogP contribution is -2.08. The monoisotopic (exact) mass is 638 g/mol. The lowest BCUT2D eigenvalue weighted by atomic mass is 9.95. The lowest BCUT2D eigenvalue weighted by Gasteiger charge is -2.24. The second-order valence-corrected chi connectivity index (χ2v) is 13.3. The van der Waals surface area contributed by atoms with Crippen LogP contribution in [0.15, 0.2) is 170 Å². The van der Waals surface area contributed by atoms with Gasteiger partial charge in [-0.25, -0.2) is 0 Å². The Hall–Kier alpha value is -6.58. The van der Waals surface area contributed by atoms with E-state index in [9.17, 15) is 0 Å². The van der Waals surface area contributed by atoms with Gasteiger partial charge in [-0.1, -0.05) is 115 Å². The molecule has 0 amide bonds. The van der Waals surface area contributed by atoms with Crippen molar-refractivity contribution >= 4 is 54.4 Å². The number of hydrogen-bond acceptors (Lipinski definition) is 1. The molecule has 0 saturated heterocycles. The first-order chi connectivity index (χ1) is 24.8. The molecule has 50 heavy (non-hydrogen) atoms. The van der Waals surface area contributed by atoms with Crippen molar-refractivity contribution < 1.29 is 4.74 Å². The number of para-hydroxylation sites is 2. The second kappa shape index (κ2) is 10.5. The van der Waals surface area contributed by atoms with Gasteiger partial charge in [0, 0.05) is 32.5 Å². The van der Waals surface area contributed by atoms with Gasteiger partial charge in [-0.3, -0.25) is 0 Å². The predicted octanol–water partition coefficient (Wildman–Crippen LogP) is 12.3. The summed E-state index contributed by atoms with van der Waals surface area (Å²) < 4.78 is 11.1. The van der Waals surface area contributed by atoms with E-state index in [1.807, 2.05) is 0 Å². The highest BCUT2D eigenvalue weighted by Crippen LogP contribution is 2.45. The standard InChI is InChI=1S/C47H30N2O/c1-3-14-34-30(11-1)13-9-20-40(34)48-41-18-7-5-16-36(41)38-27-31(23-25-43(38)48)32-24-26-44-39(28-32)37-17-6-8-19-42(37)49(44)45-21-10-22-46-47(45)35-15-4-2-12-33(35)29-50-46/h1-28H,29H2.